The highest BCUT2D eigenvalue weighted by molar-refractivity contribution is 5.93. The van der Waals surface area contributed by atoms with Gasteiger partial charge < -0.3 is 10.0 Å². The third-order valence-electron chi connectivity index (χ3n) is 4.00. The lowest BCUT2D eigenvalue weighted by molar-refractivity contribution is 0.0633. The van der Waals surface area contributed by atoms with Crippen LogP contribution in [0.25, 0.3) is 0 Å². The fourth-order valence-corrected chi connectivity index (χ4v) is 2.71. The van der Waals surface area contributed by atoms with Crippen molar-refractivity contribution >= 4 is 5.91 Å². The van der Waals surface area contributed by atoms with E-state index in [9.17, 15) is 18.4 Å². The Morgan fingerprint density at radius 2 is 1.81 bits per heavy atom. The zero-order valence-corrected chi connectivity index (χ0v) is 14.8. The number of amides is 1. The molecule has 6 nitrogen and oxygen atoms in total. The molecule has 0 unspecified atom stereocenters. The molecule has 1 N–H and O–H groups in total. The van der Waals surface area contributed by atoms with Gasteiger partial charge in [0.25, 0.3) is 5.91 Å². The minimum absolute atomic E-state index is 0.0814. The number of rotatable bonds is 3. The summed E-state index contributed by atoms with van der Waals surface area (Å²) in [5.74, 6) is -1.54. The van der Waals surface area contributed by atoms with Crippen molar-refractivity contribution in [3.8, 4) is 0 Å². The van der Waals surface area contributed by atoms with E-state index in [2.05, 4.69) is 0 Å². The van der Waals surface area contributed by atoms with Crippen molar-refractivity contribution in [2.75, 3.05) is 18.8 Å². The monoisotopic (exact) mass is 365 g/mol. The quantitative estimate of drug-likeness (QED) is 0.899. The van der Waals surface area contributed by atoms with E-state index < -0.39 is 11.6 Å². The summed E-state index contributed by atoms with van der Waals surface area (Å²) >= 11 is 0. The molecule has 1 aliphatic rings. The van der Waals surface area contributed by atoms with Crippen LogP contribution in [-0.2, 0) is 6.54 Å². The van der Waals surface area contributed by atoms with Crippen molar-refractivity contribution in [1.29, 1.82) is 0 Å². The van der Waals surface area contributed by atoms with Gasteiger partial charge >= 0.3 is 0 Å². The summed E-state index contributed by atoms with van der Waals surface area (Å²) in [7, 11) is 1.00. The molecule has 1 aliphatic heterocycles. The standard InChI is InChI=1S/C17H17F2N3O2.CH4O/c1-11(2)21-10-20(9-12-3-4-13(18)7-15(12)19)22-6-5-14(23)8-16(22)17(21)24;1-2/h3-8,11H,9-10H2,1-2H3;2H,1H3. The first-order valence-electron chi connectivity index (χ1n) is 8.04. The average molecular weight is 365 g/mol. The van der Waals surface area contributed by atoms with Crippen molar-refractivity contribution in [1.82, 2.24) is 9.58 Å². The third kappa shape index (κ3) is 3.91. The third-order valence-corrected chi connectivity index (χ3v) is 4.00. The molecule has 26 heavy (non-hydrogen) atoms. The molecule has 140 valence electrons. The number of carbonyl (C=O) groups excluding carboxylic acids is 1. The van der Waals surface area contributed by atoms with E-state index in [1.807, 2.05) is 13.8 Å². The topological polar surface area (TPSA) is 65.8 Å². The second-order valence-corrected chi connectivity index (χ2v) is 6.00. The van der Waals surface area contributed by atoms with E-state index in [-0.39, 0.29) is 36.3 Å². The van der Waals surface area contributed by atoms with Gasteiger partial charge in [0.05, 0.1) is 6.54 Å². The summed E-state index contributed by atoms with van der Waals surface area (Å²) in [6, 6.07) is 5.93. The van der Waals surface area contributed by atoms with Crippen LogP contribution in [-0.4, -0.2) is 40.4 Å². The van der Waals surface area contributed by atoms with E-state index in [4.69, 9.17) is 5.11 Å². The highest BCUT2D eigenvalue weighted by atomic mass is 19.1. The molecule has 0 bridgehead atoms. The first kappa shape index (κ1) is 19.6. The van der Waals surface area contributed by atoms with Gasteiger partial charge in [0.15, 0.2) is 5.43 Å². The number of halogens is 2. The molecule has 0 atom stereocenters. The van der Waals surface area contributed by atoms with Gasteiger partial charge in [-0.2, -0.15) is 0 Å². The summed E-state index contributed by atoms with van der Waals surface area (Å²) < 4.78 is 28.6. The molecule has 1 aromatic carbocycles. The van der Waals surface area contributed by atoms with Crippen molar-refractivity contribution in [2.24, 2.45) is 0 Å². The summed E-state index contributed by atoms with van der Waals surface area (Å²) in [5.41, 5.74) is 0.261. The minimum atomic E-state index is -0.648. The Morgan fingerprint density at radius 1 is 1.12 bits per heavy atom. The van der Waals surface area contributed by atoms with Gasteiger partial charge in [0.1, 0.15) is 24.0 Å². The first-order valence-corrected chi connectivity index (χ1v) is 8.04. The molecule has 0 spiro atoms. The predicted octanol–water partition coefficient (Wildman–Crippen LogP) is 1.69. The van der Waals surface area contributed by atoms with E-state index in [0.29, 0.717) is 5.56 Å². The fourth-order valence-electron chi connectivity index (χ4n) is 2.71. The van der Waals surface area contributed by atoms with Crippen molar-refractivity contribution in [3.05, 3.63) is 69.6 Å². The molecule has 0 radical (unpaired) electrons. The molecule has 2 aromatic rings. The molecule has 0 saturated heterocycles. The zero-order chi connectivity index (χ0) is 19.4. The highest BCUT2D eigenvalue weighted by Crippen LogP contribution is 2.18. The number of fused-ring (bicyclic) bond motifs is 1. The Hall–Kier alpha value is -2.74. The Morgan fingerprint density at radius 3 is 2.42 bits per heavy atom. The van der Waals surface area contributed by atoms with Crippen LogP contribution in [0.15, 0.2) is 41.3 Å². The van der Waals surface area contributed by atoms with Crippen LogP contribution in [0.4, 0.5) is 8.78 Å². The second kappa shape index (κ2) is 8.09. The second-order valence-electron chi connectivity index (χ2n) is 6.00. The average Bonchev–Trinajstić information content (AvgIpc) is 2.61. The van der Waals surface area contributed by atoms with Gasteiger partial charge in [-0.05, 0) is 19.9 Å². The van der Waals surface area contributed by atoms with Crippen LogP contribution in [0.3, 0.4) is 0 Å². The summed E-state index contributed by atoms with van der Waals surface area (Å²) in [5, 5.41) is 8.73. The van der Waals surface area contributed by atoms with Crippen LogP contribution in [0.2, 0.25) is 0 Å². The zero-order valence-electron chi connectivity index (χ0n) is 14.8. The number of carbonyl (C=O) groups is 1. The number of aromatic nitrogens is 1. The van der Waals surface area contributed by atoms with Gasteiger partial charge in [-0.15, -0.1) is 0 Å². The summed E-state index contributed by atoms with van der Waals surface area (Å²) in [4.78, 5) is 25.7. The first-order chi connectivity index (χ1) is 12.4. The van der Waals surface area contributed by atoms with E-state index >= 15 is 0 Å². The van der Waals surface area contributed by atoms with Crippen LogP contribution in [0, 0.1) is 11.6 Å². The van der Waals surface area contributed by atoms with Gasteiger partial charge in [0.2, 0.25) is 0 Å². The Balaban J connectivity index is 0.00000117. The molecule has 0 saturated carbocycles. The van der Waals surface area contributed by atoms with Gasteiger partial charge in [-0.1, -0.05) is 6.07 Å². The highest BCUT2D eigenvalue weighted by Gasteiger charge is 2.30. The van der Waals surface area contributed by atoms with E-state index in [0.717, 1.165) is 13.2 Å². The number of nitrogens with zero attached hydrogens (tertiary/aromatic N) is 3. The molecule has 1 aromatic heterocycles. The smallest absolute Gasteiger partial charge is 0.274 e. The fraction of sp³-hybridized carbons (Fsp3) is 0.333. The molecular formula is C18H21F2N3O3. The van der Waals surface area contributed by atoms with Gasteiger partial charge in [0, 0.05) is 43.1 Å². The molecule has 8 heteroatoms. The SMILES string of the molecule is CC(C)N1CN(Cc2ccc(F)cc2F)n2ccc(=O)cc2C1=O.CO. The normalized spacial score (nSPS) is 13.4. The van der Waals surface area contributed by atoms with Gasteiger partial charge in [-0.3, -0.25) is 19.3 Å². The largest absolute Gasteiger partial charge is 0.400 e. The van der Waals surface area contributed by atoms with Gasteiger partial charge in [-0.25, -0.2) is 8.78 Å². The number of aliphatic hydroxyl groups is 1. The Kier molecular flexibility index (Phi) is 6.10. The maximum absolute atomic E-state index is 14.0. The predicted molar refractivity (Wildman–Crippen MR) is 93.3 cm³/mol. The van der Waals surface area contributed by atoms with Crippen molar-refractivity contribution < 1.29 is 18.7 Å². The maximum atomic E-state index is 14.0. The lowest BCUT2D eigenvalue weighted by atomic mass is 10.2. The van der Waals surface area contributed by atoms with Crippen LogP contribution >= 0.6 is 0 Å². The number of hydrogen-bond donors (Lipinski definition) is 1. The minimum Gasteiger partial charge on any atom is -0.400 e. The number of aliphatic hydroxyl groups excluding tert-OH is 1. The van der Waals surface area contributed by atoms with Crippen molar-refractivity contribution in [2.45, 2.75) is 26.4 Å². The van der Waals surface area contributed by atoms with Crippen molar-refractivity contribution in [3.63, 3.8) is 0 Å². The number of benzene rings is 1. The lowest BCUT2D eigenvalue weighted by Crippen LogP contribution is -2.55. The molecule has 0 fully saturated rings. The van der Waals surface area contributed by atoms with E-state index in [1.165, 1.54) is 30.5 Å². The number of pyridine rings is 1. The molecule has 2 heterocycles. The van der Waals surface area contributed by atoms with Crippen LogP contribution < -0.4 is 10.4 Å². The summed E-state index contributed by atoms with van der Waals surface area (Å²) in [6.07, 6.45) is 1.49. The molecule has 0 aliphatic carbocycles. The molecule has 1 amide bonds. The van der Waals surface area contributed by atoms with E-state index in [1.54, 1.807) is 14.6 Å². The van der Waals surface area contributed by atoms with Crippen LogP contribution in [0.1, 0.15) is 29.9 Å². The Labute approximate surface area is 149 Å². The Bertz CT molecular complexity index is 852. The molecule has 3 rings (SSSR count). The van der Waals surface area contributed by atoms with Crippen LogP contribution in [0.5, 0.6) is 0 Å². The lowest BCUT2D eigenvalue weighted by Gasteiger charge is -2.41. The summed E-state index contributed by atoms with van der Waals surface area (Å²) in [6.45, 7) is 4.11. The number of hydrogen-bond acceptors (Lipinski definition) is 4. The molecular weight excluding hydrogens is 344 g/mol. The maximum Gasteiger partial charge on any atom is 0.274 e.